The molecule has 134 valence electrons. The van der Waals surface area contributed by atoms with Gasteiger partial charge >= 0.3 is 0 Å². The van der Waals surface area contributed by atoms with Crippen LogP contribution in [0.2, 0.25) is 0 Å². The summed E-state index contributed by atoms with van der Waals surface area (Å²) in [7, 11) is -2.79. The highest BCUT2D eigenvalue weighted by molar-refractivity contribution is 8.25. The van der Waals surface area contributed by atoms with Crippen LogP contribution in [0.25, 0.3) is 0 Å². The van der Waals surface area contributed by atoms with Crippen LogP contribution in [-0.2, 0) is 6.61 Å². The summed E-state index contributed by atoms with van der Waals surface area (Å²) in [6.45, 7) is 0.395. The number of aromatic nitrogens is 1. The maximum Gasteiger partial charge on any atom is 0.126 e. The third kappa shape index (κ3) is 3.59. The minimum atomic E-state index is -2.79. The lowest BCUT2D eigenvalue weighted by Gasteiger charge is -2.27. The molecule has 1 atom stereocenters. The average molecular weight is 386 g/mol. The number of nitrogens with zero attached hydrogens (tertiary/aromatic N) is 1. The van der Waals surface area contributed by atoms with Crippen LogP contribution in [0.3, 0.4) is 0 Å². The monoisotopic (exact) mass is 385 g/mol. The number of pyridine rings is 1. The first-order valence-electron chi connectivity index (χ1n) is 8.26. The van der Waals surface area contributed by atoms with E-state index in [1.165, 1.54) is 0 Å². The molecule has 0 bridgehead atoms. The molecule has 2 N–H and O–H groups in total. The predicted molar refractivity (Wildman–Crippen MR) is 106 cm³/mol. The summed E-state index contributed by atoms with van der Waals surface area (Å²) in [4.78, 5) is 5.81. The number of thioether (sulfide) groups is 1. The fraction of sp³-hybridized carbons (Fsp3) is 0.150. The Balaban J connectivity index is 1.64. The molecule has 2 heterocycles. The Bertz CT molecular complexity index is 888. The van der Waals surface area contributed by atoms with Gasteiger partial charge in [-0.3, -0.25) is 14.1 Å². The van der Waals surface area contributed by atoms with Crippen molar-refractivity contribution in [2.75, 3.05) is 5.75 Å². The molecule has 0 aliphatic carbocycles. The maximum atomic E-state index is 10.6. The summed E-state index contributed by atoms with van der Waals surface area (Å²) < 4.78 is 27.2. The van der Waals surface area contributed by atoms with Gasteiger partial charge < -0.3 is 4.74 Å². The summed E-state index contributed by atoms with van der Waals surface area (Å²) in [5.74, 6) is 1.02. The van der Waals surface area contributed by atoms with Gasteiger partial charge in [-0.25, -0.2) is 0 Å². The zero-order chi connectivity index (χ0) is 18.0. The van der Waals surface area contributed by atoms with Crippen LogP contribution in [0.4, 0.5) is 0 Å². The lowest BCUT2D eigenvalue weighted by Crippen LogP contribution is -2.01. The Kier molecular flexibility index (Phi) is 4.91. The minimum absolute atomic E-state index is 0.0532. The van der Waals surface area contributed by atoms with Crippen LogP contribution < -0.4 is 4.74 Å². The second-order valence-electron chi connectivity index (χ2n) is 6.07. The van der Waals surface area contributed by atoms with Crippen molar-refractivity contribution in [3.05, 3.63) is 84.2 Å². The van der Waals surface area contributed by atoms with Gasteiger partial charge in [-0.15, -0.1) is 11.8 Å². The second kappa shape index (κ2) is 7.32. The van der Waals surface area contributed by atoms with E-state index >= 15 is 0 Å². The molecule has 1 unspecified atom stereocenters. The highest BCUT2D eigenvalue weighted by Gasteiger charge is 2.38. The molecular formula is C20H19NO3S2. The topological polar surface area (TPSA) is 62.6 Å². The summed E-state index contributed by atoms with van der Waals surface area (Å²) in [5, 5.41) is -0.0532. The third-order valence-electron chi connectivity index (χ3n) is 4.22. The number of benzene rings is 2. The van der Waals surface area contributed by atoms with Gasteiger partial charge in [-0.05, 0) is 30.3 Å². The van der Waals surface area contributed by atoms with Gasteiger partial charge in [-0.2, -0.15) is 10.6 Å². The van der Waals surface area contributed by atoms with E-state index in [0.29, 0.717) is 23.0 Å². The molecule has 1 aliphatic heterocycles. The fourth-order valence-corrected chi connectivity index (χ4v) is 6.62. The molecule has 2 aromatic carbocycles. The van der Waals surface area contributed by atoms with E-state index in [-0.39, 0.29) is 5.25 Å². The summed E-state index contributed by atoms with van der Waals surface area (Å²) in [6.07, 6.45) is 3.50. The van der Waals surface area contributed by atoms with Crippen molar-refractivity contribution >= 4 is 22.4 Å². The third-order valence-corrected chi connectivity index (χ3v) is 7.52. The minimum Gasteiger partial charge on any atom is -0.488 e. The van der Waals surface area contributed by atoms with E-state index in [1.807, 2.05) is 54.6 Å². The number of fused-ring (bicyclic) bond motifs is 1. The highest BCUT2D eigenvalue weighted by Crippen LogP contribution is 2.64. The van der Waals surface area contributed by atoms with Crippen molar-refractivity contribution in [3.63, 3.8) is 0 Å². The SMILES string of the molecule is OS1(O)CC(Sc2ccccc2)c2c(OCc3cccnc3)cccc21. The van der Waals surface area contributed by atoms with Gasteiger partial charge in [0.05, 0.1) is 15.9 Å². The molecule has 0 fully saturated rings. The van der Waals surface area contributed by atoms with E-state index in [1.54, 1.807) is 30.2 Å². The highest BCUT2D eigenvalue weighted by atomic mass is 32.3. The molecule has 0 amide bonds. The first-order chi connectivity index (χ1) is 12.6. The first-order valence-corrected chi connectivity index (χ1v) is 10.9. The Morgan fingerprint density at radius 1 is 1.04 bits per heavy atom. The van der Waals surface area contributed by atoms with Crippen molar-refractivity contribution in [2.24, 2.45) is 0 Å². The van der Waals surface area contributed by atoms with Crippen LogP contribution in [0.5, 0.6) is 5.75 Å². The van der Waals surface area contributed by atoms with E-state index in [9.17, 15) is 9.11 Å². The lowest BCUT2D eigenvalue weighted by molar-refractivity contribution is 0.302. The van der Waals surface area contributed by atoms with Crippen molar-refractivity contribution in [2.45, 2.75) is 21.6 Å². The summed E-state index contributed by atoms with van der Waals surface area (Å²) in [5.41, 5.74) is 1.87. The van der Waals surface area contributed by atoms with Gasteiger partial charge in [0.2, 0.25) is 0 Å². The van der Waals surface area contributed by atoms with Gasteiger partial charge in [-0.1, -0.05) is 30.3 Å². The van der Waals surface area contributed by atoms with E-state index < -0.39 is 10.6 Å². The summed E-state index contributed by atoms with van der Waals surface area (Å²) in [6, 6.07) is 19.4. The predicted octanol–water partition coefficient (Wildman–Crippen LogP) is 5.62. The molecule has 1 aliphatic rings. The van der Waals surface area contributed by atoms with Crippen LogP contribution in [-0.4, -0.2) is 19.8 Å². The van der Waals surface area contributed by atoms with Crippen molar-refractivity contribution in [3.8, 4) is 5.75 Å². The lowest BCUT2D eigenvalue weighted by atomic mass is 10.1. The van der Waals surface area contributed by atoms with E-state index in [2.05, 4.69) is 4.98 Å². The average Bonchev–Trinajstić information content (AvgIpc) is 2.92. The van der Waals surface area contributed by atoms with Gasteiger partial charge in [0.1, 0.15) is 12.4 Å². The Morgan fingerprint density at radius 2 is 1.88 bits per heavy atom. The molecule has 0 saturated heterocycles. The number of hydrogen-bond donors (Lipinski definition) is 2. The quantitative estimate of drug-likeness (QED) is 0.597. The molecule has 26 heavy (non-hydrogen) atoms. The van der Waals surface area contributed by atoms with Crippen molar-refractivity contribution in [1.82, 2.24) is 4.98 Å². The Hall–Kier alpha value is -1.99. The molecular weight excluding hydrogens is 366 g/mol. The Morgan fingerprint density at radius 3 is 2.65 bits per heavy atom. The number of rotatable bonds is 5. The zero-order valence-corrected chi connectivity index (χ0v) is 15.6. The zero-order valence-electron chi connectivity index (χ0n) is 14.0. The van der Waals surface area contributed by atoms with Crippen LogP contribution >= 0.6 is 22.4 Å². The van der Waals surface area contributed by atoms with Gasteiger partial charge in [0, 0.05) is 28.4 Å². The second-order valence-corrected chi connectivity index (χ2v) is 9.45. The molecule has 6 heteroatoms. The normalized spacial score (nSPS) is 18.9. The van der Waals surface area contributed by atoms with Crippen molar-refractivity contribution < 1.29 is 13.8 Å². The van der Waals surface area contributed by atoms with Crippen LogP contribution in [0.1, 0.15) is 16.4 Å². The van der Waals surface area contributed by atoms with Crippen LogP contribution in [0, 0.1) is 0 Å². The fourth-order valence-electron chi connectivity index (χ4n) is 3.04. The van der Waals surface area contributed by atoms with Crippen LogP contribution in [0.15, 0.2) is 82.8 Å². The van der Waals surface area contributed by atoms with Crippen molar-refractivity contribution in [1.29, 1.82) is 0 Å². The molecule has 4 rings (SSSR count). The molecule has 1 aromatic heterocycles. The smallest absolute Gasteiger partial charge is 0.126 e. The van der Waals surface area contributed by atoms with Gasteiger partial charge in [0.25, 0.3) is 0 Å². The largest absolute Gasteiger partial charge is 0.488 e. The maximum absolute atomic E-state index is 10.6. The van der Waals surface area contributed by atoms with E-state index in [4.69, 9.17) is 4.74 Å². The van der Waals surface area contributed by atoms with E-state index in [0.717, 1.165) is 16.0 Å². The Labute approximate surface area is 158 Å². The molecule has 0 saturated carbocycles. The molecule has 4 nitrogen and oxygen atoms in total. The molecule has 3 aromatic rings. The number of ether oxygens (including phenoxy) is 1. The molecule has 0 radical (unpaired) electrons. The molecule has 0 spiro atoms. The first kappa shape index (κ1) is 17.4. The standard InChI is InChI=1S/C20H19NO3S2/c22-26(23)14-18(25-16-7-2-1-3-8-16)20-17(9-4-10-19(20)26)24-13-15-6-5-11-21-12-15/h1-12,18,22-23H,13-14H2. The number of hydrogen-bond acceptors (Lipinski definition) is 5. The van der Waals surface area contributed by atoms with Gasteiger partial charge in [0.15, 0.2) is 0 Å². The summed E-state index contributed by atoms with van der Waals surface area (Å²) >= 11 is 1.64.